The van der Waals surface area contributed by atoms with Crippen LogP contribution in [-0.4, -0.2) is 30.1 Å². The van der Waals surface area contributed by atoms with E-state index in [1.165, 1.54) is 11.3 Å². The van der Waals surface area contributed by atoms with Crippen LogP contribution in [0.1, 0.15) is 39.4 Å². The van der Waals surface area contributed by atoms with Gasteiger partial charge < -0.3 is 9.57 Å². The third-order valence-corrected chi connectivity index (χ3v) is 5.84. The second kappa shape index (κ2) is 8.30. The van der Waals surface area contributed by atoms with Crippen LogP contribution in [-0.2, 0) is 14.4 Å². The van der Waals surface area contributed by atoms with Crippen molar-refractivity contribution in [1.29, 1.82) is 0 Å². The number of benzene rings is 1. The van der Waals surface area contributed by atoms with E-state index < -0.39 is 11.0 Å². The van der Waals surface area contributed by atoms with Crippen LogP contribution in [0.5, 0.6) is 0 Å². The maximum Gasteiger partial charge on any atom is 0.313 e. The average Bonchev–Trinajstić information content (AvgIpc) is 3.25. The van der Waals surface area contributed by atoms with Gasteiger partial charge in [-0.25, -0.2) is 0 Å². The molecule has 0 N–H and O–H groups in total. The molecular weight excluding hydrogens is 370 g/mol. The number of carbonyl (C=O) groups excluding carboxylic acids is 2. The molecule has 1 saturated carbocycles. The van der Waals surface area contributed by atoms with Crippen molar-refractivity contribution >= 4 is 23.1 Å². The number of hydrogen-bond acceptors (Lipinski definition) is 7. The van der Waals surface area contributed by atoms with Gasteiger partial charge in [0.15, 0.2) is 0 Å². The number of thiophene rings is 1. The van der Waals surface area contributed by atoms with E-state index in [1.54, 1.807) is 31.2 Å². The van der Waals surface area contributed by atoms with Crippen LogP contribution >= 0.6 is 11.3 Å². The first kappa shape index (κ1) is 19.0. The topological polar surface area (TPSA) is 95.7 Å². The smallest absolute Gasteiger partial charge is 0.313 e. The normalized spacial score (nSPS) is 19.1. The molecule has 27 heavy (non-hydrogen) atoms. The van der Waals surface area contributed by atoms with Gasteiger partial charge >= 0.3 is 5.97 Å². The monoisotopic (exact) mass is 389 g/mol. The molecule has 0 aliphatic heterocycles. The molecule has 1 fully saturated rings. The Morgan fingerprint density at radius 3 is 2.59 bits per heavy atom. The standard InChI is InChI=1S/C19H19NO6S/c1-12(19(22)25-10-14-9-15(14)11-26-20(23)24)16-7-8-17(27-16)18(21)13-5-3-2-4-6-13/h2-8,12,14-15H,9-11H2,1H3/t12?,14-,15-/m1/s1. The van der Waals surface area contributed by atoms with Gasteiger partial charge in [-0.15, -0.1) is 21.5 Å². The van der Waals surface area contributed by atoms with Crippen molar-refractivity contribution in [1.82, 2.24) is 0 Å². The highest BCUT2D eigenvalue weighted by atomic mass is 32.1. The van der Waals surface area contributed by atoms with E-state index >= 15 is 0 Å². The molecule has 0 radical (unpaired) electrons. The molecular formula is C19H19NO6S. The summed E-state index contributed by atoms with van der Waals surface area (Å²) in [5, 5.41) is 9.36. The highest BCUT2D eigenvalue weighted by Gasteiger charge is 2.39. The Labute approximate surface area is 160 Å². The molecule has 0 saturated heterocycles. The van der Waals surface area contributed by atoms with Gasteiger partial charge in [-0.2, -0.15) is 0 Å². The van der Waals surface area contributed by atoms with Gasteiger partial charge in [0, 0.05) is 10.4 Å². The highest BCUT2D eigenvalue weighted by Crippen LogP contribution is 2.39. The molecule has 1 aliphatic rings. The quantitative estimate of drug-likeness (QED) is 0.282. The van der Waals surface area contributed by atoms with Crippen LogP contribution in [0.25, 0.3) is 0 Å². The Balaban J connectivity index is 1.50. The summed E-state index contributed by atoms with van der Waals surface area (Å²) in [7, 11) is 0. The first-order chi connectivity index (χ1) is 13.0. The summed E-state index contributed by atoms with van der Waals surface area (Å²) in [5.41, 5.74) is 0.609. The minimum Gasteiger partial charge on any atom is -0.465 e. The Hall–Kier alpha value is -2.74. The van der Waals surface area contributed by atoms with E-state index in [9.17, 15) is 19.7 Å². The lowest BCUT2D eigenvalue weighted by Gasteiger charge is -2.09. The van der Waals surface area contributed by atoms with E-state index in [0.29, 0.717) is 10.4 Å². The molecule has 7 nitrogen and oxygen atoms in total. The number of hydrogen-bond donors (Lipinski definition) is 0. The third-order valence-electron chi connectivity index (χ3n) is 4.57. The van der Waals surface area contributed by atoms with Gasteiger partial charge in [0.25, 0.3) is 5.09 Å². The second-order valence-electron chi connectivity index (χ2n) is 6.52. The molecule has 0 bridgehead atoms. The van der Waals surface area contributed by atoms with E-state index in [2.05, 4.69) is 4.84 Å². The number of carbonyl (C=O) groups is 2. The largest absolute Gasteiger partial charge is 0.465 e. The second-order valence-corrected chi connectivity index (χ2v) is 7.64. The number of ketones is 1. The fourth-order valence-electron chi connectivity index (χ4n) is 2.74. The van der Waals surface area contributed by atoms with E-state index in [4.69, 9.17) is 4.74 Å². The molecule has 142 valence electrons. The lowest BCUT2D eigenvalue weighted by Crippen LogP contribution is -2.15. The molecule has 1 aliphatic carbocycles. The minimum absolute atomic E-state index is 0.0423. The van der Waals surface area contributed by atoms with Gasteiger partial charge in [-0.05, 0) is 37.3 Å². The lowest BCUT2D eigenvalue weighted by atomic mass is 10.1. The summed E-state index contributed by atoms with van der Waals surface area (Å²) < 4.78 is 5.33. The molecule has 0 amide bonds. The number of esters is 1. The predicted molar refractivity (Wildman–Crippen MR) is 98.1 cm³/mol. The lowest BCUT2D eigenvalue weighted by molar-refractivity contribution is -0.758. The van der Waals surface area contributed by atoms with Crippen LogP contribution < -0.4 is 0 Å². The van der Waals surface area contributed by atoms with Crippen molar-refractivity contribution < 1.29 is 24.3 Å². The number of nitrogens with zero attached hydrogens (tertiary/aromatic N) is 1. The Kier molecular flexibility index (Phi) is 5.85. The summed E-state index contributed by atoms with van der Waals surface area (Å²) >= 11 is 1.29. The summed E-state index contributed by atoms with van der Waals surface area (Å²) in [6.07, 6.45) is 0.754. The minimum atomic E-state index is -0.811. The molecule has 1 aromatic carbocycles. The van der Waals surface area contributed by atoms with Crippen molar-refractivity contribution in [2.45, 2.75) is 19.3 Å². The van der Waals surface area contributed by atoms with E-state index in [1.807, 2.05) is 18.2 Å². The fraction of sp³-hybridized carbons (Fsp3) is 0.368. The number of rotatable bonds is 9. The summed E-state index contributed by atoms with van der Waals surface area (Å²) in [6.45, 7) is 2.02. The van der Waals surface area contributed by atoms with Crippen molar-refractivity contribution in [3.05, 3.63) is 67.9 Å². The van der Waals surface area contributed by atoms with E-state index in [-0.39, 0.29) is 36.8 Å². The maximum atomic E-state index is 12.5. The third kappa shape index (κ3) is 4.91. The Morgan fingerprint density at radius 1 is 1.19 bits per heavy atom. The molecule has 3 atom stereocenters. The van der Waals surface area contributed by atoms with Crippen molar-refractivity contribution in [2.75, 3.05) is 13.2 Å². The zero-order valence-electron chi connectivity index (χ0n) is 14.7. The van der Waals surface area contributed by atoms with Gasteiger partial charge in [0.05, 0.1) is 24.0 Å². The van der Waals surface area contributed by atoms with Crippen molar-refractivity contribution in [3.63, 3.8) is 0 Å². The van der Waals surface area contributed by atoms with E-state index in [0.717, 1.165) is 11.3 Å². The van der Waals surface area contributed by atoms with Gasteiger partial charge in [-0.1, -0.05) is 30.3 Å². The zero-order valence-corrected chi connectivity index (χ0v) is 15.5. The fourth-order valence-corrected chi connectivity index (χ4v) is 3.75. The molecule has 1 heterocycles. The first-order valence-electron chi connectivity index (χ1n) is 8.59. The van der Waals surface area contributed by atoms with Gasteiger partial charge in [0.2, 0.25) is 5.78 Å². The van der Waals surface area contributed by atoms with Crippen molar-refractivity contribution in [3.8, 4) is 0 Å². The van der Waals surface area contributed by atoms with Gasteiger partial charge in [-0.3, -0.25) is 9.59 Å². The van der Waals surface area contributed by atoms with Crippen LogP contribution in [0.2, 0.25) is 0 Å². The first-order valence-corrected chi connectivity index (χ1v) is 9.40. The highest BCUT2D eigenvalue weighted by molar-refractivity contribution is 7.14. The predicted octanol–water partition coefficient (Wildman–Crippen LogP) is 3.47. The average molecular weight is 389 g/mol. The summed E-state index contributed by atoms with van der Waals surface area (Å²) in [5.74, 6) is -0.732. The SMILES string of the molecule is CC(C(=O)OC[C@H]1C[C@@H]1CO[N+](=O)[O-])c1ccc(C(=O)c2ccccc2)s1. The molecule has 3 rings (SSSR count). The number of ether oxygens (including phenoxy) is 1. The maximum absolute atomic E-state index is 12.5. The molecule has 1 aromatic heterocycles. The van der Waals surface area contributed by atoms with Gasteiger partial charge in [0.1, 0.15) is 0 Å². The van der Waals surface area contributed by atoms with Crippen LogP contribution in [0.4, 0.5) is 0 Å². The van der Waals surface area contributed by atoms with Crippen molar-refractivity contribution in [2.24, 2.45) is 11.8 Å². The van der Waals surface area contributed by atoms with Crippen LogP contribution in [0, 0.1) is 22.0 Å². The molecule has 0 spiro atoms. The molecule has 1 unspecified atom stereocenters. The summed E-state index contributed by atoms with van der Waals surface area (Å²) in [4.78, 5) is 40.6. The van der Waals surface area contributed by atoms with Crippen LogP contribution in [0.15, 0.2) is 42.5 Å². The van der Waals surface area contributed by atoms with Crippen LogP contribution in [0.3, 0.4) is 0 Å². The Morgan fingerprint density at radius 2 is 1.89 bits per heavy atom. The molecule has 8 heteroatoms. The molecule has 2 aromatic rings. The summed E-state index contributed by atoms with van der Waals surface area (Å²) in [6, 6.07) is 12.5. The Bertz CT molecular complexity index is 834. The zero-order chi connectivity index (χ0) is 19.4.